The van der Waals surface area contributed by atoms with Gasteiger partial charge in [-0.15, -0.1) is 0 Å². The lowest BCUT2D eigenvalue weighted by atomic mass is 9.97. The summed E-state index contributed by atoms with van der Waals surface area (Å²) in [5.74, 6) is 0.656. The molecule has 2 saturated heterocycles. The molecular weight excluding hydrogens is 473 g/mol. The van der Waals surface area contributed by atoms with Gasteiger partial charge in [-0.1, -0.05) is 19.0 Å². The highest BCUT2D eigenvalue weighted by Crippen LogP contribution is 2.24. The van der Waals surface area contributed by atoms with Gasteiger partial charge in [0.15, 0.2) is 5.69 Å². The van der Waals surface area contributed by atoms with Crippen LogP contribution in [-0.4, -0.2) is 70.0 Å². The molecule has 0 bridgehead atoms. The molecule has 1 aromatic carbocycles. The van der Waals surface area contributed by atoms with E-state index in [1.165, 1.54) is 12.1 Å². The molecule has 198 valence electrons. The highest BCUT2D eigenvalue weighted by molar-refractivity contribution is 5.92. The van der Waals surface area contributed by atoms with Gasteiger partial charge in [-0.3, -0.25) is 9.59 Å². The zero-order chi connectivity index (χ0) is 25.9. The molecule has 4 heterocycles. The van der Waals surface area contributed by atoms with E-state index in [1.54, 1.807) is 12.1 Å². The normalized spacial score (nSPS) is 18.1. The van der Waals surface area contributed by atoms with E-state index in [2.05, 4.69) is 20.4 Å². The Morgan fingerprint density at radius 3 is 2.59 bits per heavy atom. The molecule has 2 fully saturated rings. The highest BCUT2D eigenvalue weighted by atomic mass is 19.1. The maximum absolute atomic E-state index is 13.6. The third kappa shape index (κ3) is 5.87. The maximum atomic E-state index is 13.6. The minimum Gasteiger partial charge on any atom is -0.361 e. The third-order valence-electron chi connectivity index (χ3n) is 7.87. The molecule has 37 heavy (non-hydrogen) atoms. The maximum Gasteiger partial charge on any atom is 0.273 e. The molecule has 0 saturated carbocycles. The fraction of sp³-hybridized carbons (Fsp3) is 0.536. The Kier molecular flexibility index (Phi) is 7.60. The second-order valence-electron chi connectivity index (χ2n) is 10.7. The highest BCUT2D eigenvalue weighted by Gasteiger charge is 2.30. The number of aromatic amines is 1. The number of aromatic nitrogens is 2. The van der Waals surface area contributed by atoms with Crippen LogP contribution in [0.2, 0.25) is 0 Å². The monoisotopic (exact) mass is 509 g/mol. The van der Waals surface area contributed by atoms with Gasteiger partial charge in [0.2, 0.25) is 5.91 Å². The number of amides is 2. The lowest BCUT2D eigenvalue weighted by Crippen LogP contribution is -2.51. The van der Waals surface area contributed by atoms with Gasteiger partial charge >= 0.3 is 0 Å². The first-order valence-electron chi connectivity index (χ1n) is 13.4. The van der Waals surface area contributed by atoms with Gasteiger partial charge in [-0.05, 0) is 55.9 Å². The minimum absolute atomic E-state index is 0.141. The van der Waals surface area contributed by atoms with Crippen molar-refractivity contribution < 1.29 is 18.5 Å². The van der Waals surface area contributed by atoms with Crippen molar-refractivity contribution in [3.8, 4) is 0 Å². The van der Waals surface area contributed by atoms with Crippen molar-refractivity contribution in [3.63, 3.8) is 0 Å². The first-order chi connectivity index (χ1) is 17.9. The zero-order valence-corrected chi connectivity index (χ0v) is 21.6. The van der Waals surface area contributed by atoms with Gasteiger partial charge in [0.1, 0.15) is 11.6 Å². The molecule has 0 spiro atoms. The van der Waals surface area contributed by atoms with Crippen molar-refractivity contribution in [1.82, 2.24) is 25.3 Å². The summed E-state index contributed by atoms with van der Waals surface area (Å²) >= 11 is 0. The summed E-state index contributed by atoms with van der Waals surface area (Å²) < 4.78 is 18.9. The first-order valence-corrected chi connectivity index (χ1v) is 13.4. The van der Waals surface area contributed by atoms with E-state index in [1.807, 2.05) is 24.9 Å². The van der Waals surface area contributed by atoms with Gasteiger partial charge in [0.05, 0.1) is 0 Å². The second-order valence-corrected chi connectivity index (χ2v) is 10.7. The number of nitrogens with zero attached hydrogens (tertiary/aromatic N) is 3. The number of halogens is 1. The largest absolute Gasteiger partial charge is 0.361 e. The van der Waals surface area contributed by atoms with Gasteiger partial charge in [-0.2, -0.15) is 0 Å². The molecule has 2 N–H and O–H groups in total. The topological polar surface area (TPSA) is 94.5 Å². The van der Waals surface area contributed by atoms with E-state index >= 15 is 0 Å². The van der Waals surface area contributed by atoms with Crippen LogP contribution in [0.15, 0.2) is 35.0 Å². The van der Waals surface area contributed by atoms with Crippen LogP contribution in [-0.2, 0) is 11.2 Å². The molecule has 2 aromatic heterocycles. The number of piperidine rings is 2. The van der Waals surface area contributed by atoms with Gasteiger partial charge in [0, 0.05) is 73.8 Å². The summed E-state index contributed by atoms with van der Waals surface area (Å²) in [7, 11) is 0. The quantitative estimate of drug-likeness (QED) is 0.497. The SMILES string of the molecule is CC(C)c1cc(C(=O)NC2CCN(C3CCN(C(=O)CCc4c[nH]c5ccc(F)cc45)CC3)CC2)no1. The Morgan fingerprint density at radius 2 is 1.89 bits per heavy atom. The van der Waals surface area contributed by atoms with Crippen molar-refractivity contribution >= 4 is 22.7 Å². The summed E-state index contributed by atoms with van der Waals surface area (Å²) in [5.41, 5.74) is 2.23. The molecule has 2 aliphatic heterocycles. The van der Waals surface area contributed by atoms with E-state index < -0.39 is 0 Å². The van der Waals surface area contributed by atoms with E-state index in [0.29, 0.717) is 24.6 Å². The number of hydrogen-bond acceptors (Lipinski definition) is 5. The molecule has 0 radical (unpaired) electrons. The van der Waals surface area contributed by atoms with Crippen LogP contribution in [0.5, 0.6) is 0 Å². The van der Waals surface area contributed by atoms with E-state index in [9.17, 15) is 14.0 Å². The number of H-pyrrole nitrogens is 1. The molecule has 2 amide bonds. The third-order valence-corrected chi connectivity index (χ3v) is 7.87. The molecule has 0 atom stereocenters. The summed E-state index contributed by atoms with van der Waals surface area (Å²) in [6.45, 7) is 7.44. The van der Waals surface area contributed by atoms with Crippen LogP contribution < -0.4 is 5.32 Å². The van der Waals surface area contributed by atoms with Crippen molar-refractivity contribution in [2.45, 2.75) is 70.4 Å². The number of benzene rings is 1. The Labute approximate surface area is 216 Å². The van der Waals surface area contributed by atoms with Crippen molar-refractivity contribution in [3.05, 3.63) is 53.3 Å². The second kappa shape index (κ2) is 11.0. The summed E-state index contributed by atoms with van der Waals surface area (Å²) in [5, 5.41) is 7.87. The minimum atomic E-state index is -0.261. The molecule has 5 rings (SSSR count). The fourth-order valence-electron chi connectivity index (χ4n) is 5.57. The predicted octanol–water partition coefficient (Wildman–Crippen LogP) is 4.24. The predicted molar refractivity (Wildman–Crippen MR) is 139 cm³/mol. The Hall–Kier alpha value is -3.20. The molecule has 0 unspecified atom stereocenters. The average Bonchev–Trinajstić information content (AvgIpc) is 3.56. The zero-order valence-electron chi connectivity index (χ0n) is 21.6. The van der Waals surface area contributed by atoms with Crippen molar-refractivity contribution in [1.29, 1.82) is 0 Å². The first kappa shape index (κ1) is 25.4. The molecule has 3 aromatic rings. The van der Waals surface area contributed by atoms with Crippen molar-refractivity contribution in [2.75, 3.05) is 26.2 Å². The number of fused-ring (bicyclic) bond motifs is 1. The van der Waals surface area contributed by atoms with E-state index in [-0.39, 0.29) is 29.6 Å². The fourth-order valence-corrected chi connectivity index (χ4v) is 5.57. The molecular formula is C28H36FN5O3. The number of carbonyl (C=O) groups is 2. The van der Waals surface area contributed by atoms with Crippen LogP contribution >= 0.6 is 0 Å². The van der Waals surface area contributed by atoms with E-state index in [0.717, 1.165) is 74.1 Å². The molecule has 9 heteroatoms. The molecule has 0 aliphatic carbocycles. The summed E-state index contributed by atoms with van der Waals surface area (Å²) in [4.78, 5) is 33.0. The van der Waals surface area contributed by atoms with E-state index in [4.69, 9.17) is 4.52 Å². The number of likely N-dealkylation sites (tertiary alicyclic amines) is 2. The average molecular weight is 510 g/mol. The lowest BCUT2D eigenvalue weighted by Gasteiger charge is -2.42. The van der Waals surface area contributed by atoms with Crippen LogP contribution in [0.3, 0.4) is 0 Å². The molecule has 8 nitrogen and oxygen atoms in total. The van der Waals surface area contributed by atoms with Crippen LogP contribution in [0.4, 0.5) is 4.39 Å². The summed E-state index contributed by atoms with van der Waals surface area (Å²) in [6, 6.07) is 7.05. The van der Waals surface area contributed by atoms with Crippen LogP contribution in [0.1, 0.15) is 73.7 Å². The number of nitrogens with one attached hydrogen (secondary N) is 2. The van der Waals surface area contributed by atoms with Gasteiger partial charge in [-0.25, -0.2) is 4.39 Å². The summed E-state index contributed by atoms with van der Waals surface area (Å²) in [6.07, 6.45) is 6.67. The standard InChI is InChI=1S/C28H36FN5O3/c1-18(2)26-16-25(32-37-26)28(36)31-21-7-11-33(12-8-21)22-9-13-34(14-10-22)27(35)6-3-19-17-30-24-5-4-20(29)15-23(19)24/h4-5,15-18,21-22,30H,3,6-14H2,1-2H3,(H,31,36). The van der Waals surface area contributed by atoms with Gasteiger partial charge < -0.3 is 24.6 Å². The Bertz CT molecular complexity index is 1240. The van der Waals surface area contributed by atoms with Crippen LogP contribution in [0, 0.1) is 5.82 Å². The van der Waals surface area contributed by atoms with Crippen LogP contribution in [0.25, 0.3) is 10.9 Å². The Morgan fingerprint density at radius 1 is 1.14 bits per heavy atom. The lowest BCUT2D eigenvalue weighted by molar-refractivity contribution is -0.132. The molecule has 2 aliphatic rings. The number of rotatable bonds is 7. The number of carbonyl (C=O) groups excluding carboxylic acids is 2. The number of aryl methyl sites for hydroxylation is 1. The van der Waals surface area contributed by atoms with Crippen molar-refractivity contribution in [2.24, 2.45) is 0 Å². The Balaban J connectivity index is 1.04. The smallest absolute Gasteiger partial charge is 0.273 e. The van der Waals surface area contributed by atoms with Gasteiger partial charge in [0.25, 0.3) is 5.91 Å². The number of hydrogen-bond donors (Lipinski definition) is 2.